The van der Waals surface area contributed by atoms with Gasteiger partial charge >= 0.3 is 0 Å². The molecular formula is C28H43FN2O. The van der Waals surface area contributed by atoms with Gasteiger partial charge in [-0.25, -0.2) is 9.97 Å². The summed E-state index contributed by atoms with van der Waals surface area (Å²) in [4.78, 5) is 9.07. The molecule has 0 radical (unpaired) electrons. The lowest BCUT2D eigenvalue weighted by Gasteiger charge is -2.22. The number of benzene rings is 1. The highest BCUT2D eigenvalue weighted by atomic mass is 19.2. The summed E-state index contributed by atoms with van der Waals surface area (Å²) in [6.07, 6.45) is 20.1. The van der Waals surface area contributed by atoms with E-state index in [1.165, 1.54) is 63.9 Å². The topological polar surface area (TPSA) is 35.0 Å². The third-order valence-corrected chi connectivity index (χ3v) is 5.94. The van der Waals surface area contributed by atoms with Crippen molar-refractivity contribution in [3.8, 4) is 17.1 Å². The van der Waals surface area contributed by atoms with E-state index in [0.29, 0.717) is 18.0 Å². The smallest absolute Gasteiger partial charge is 0.245 e. The van der Waals surface area contributed by atoms with E-state index in [0.717, 1.165) is 37.7 Å². The Morgan fingerprint density at radius 1 is 0.750 bits per heavy atom. The highest BCUT2D eigenvalue weighted by Crippen LogP contribution is 2.27. The molecule has 4 heteroatoms. The molecule has 178 valence electrons. The molecule has 1 aromatic carbocycles. The Bertz CT molecular complexity index is 728. The summed E-state index contributed by atoms with van der Waals surface area (Å²) in [5.41, 5.74) is 2.11. The zero-order chi connectivity index (χ0) is 23.1. The number of ether oxygens (including phenoxy) is 1. The average molecular weight is 443 g/mol. The zero-order valence-corrected chi connectivity index (χ0v) is 20.5. The van der Waals surface area contributed by atoms with Crippen molar-refractivity contribution in [3.63, 3.8) is 0 Å². The van der Waals surface area contributed by atoms with Crippen molar-refractivity contribution in [2.24, 2.45) is 0 Å². The van der Waals surface area contributed by atoms with Crippen LogP contribution >= 0.6 is 0 Å². The van der Waals surface area contributed by atoms with Crippen molar-refractivity contribution in [2.75, 3.05) is 0 Å². The summed E-state index contributed by atoms with van der Waals surface area (Å²) in [5.74, 6) is -0.400. The number of alkyl halides is 1. The summed E-state index contributed by atoms with van der Waals surface area (Å²) in [7, 11) is 0. The van der Waals surface area contributed by atoms with Crippen LogP contribution in [0.4, 0.5) is 4.39 Å². The summed E-state index contributed by atoms with van der Waals surface area (Å²) < 4.78 is 20.2. The fourth-order valence-corrected chi connectivity index (χ4v) is 3.93. The second-order valence-electron chi connectivity index (χ2n) is 9.18. The molecule has 2 aromatic rings. The Balaban J connectivity index is 1.74. The van der Waals surface area contributed by atoms with Crippen LogP contribution in [0.25, 0.3) is 11.4 Å². The molecule has 1 aromatic heterocycles. The predicted octanol–water partition coefficient (Wildman–Crippen LogP) is 8.86. The summed E-state index contributed by atoms with van der Waals surface area (Å²) >= 11 is 0. The van der Waals surface area contributed by atoms with Crippen molar-refractivity contribution in [2.45, 2.75) is 117 Å². The lowest BCUT2D eigenvalue weighted by atomic mass is 10.1. The van der Waals surface area contributed by atoms with Crippen molar-refractivity contribution >= 4 is 0 Å². The predicted molar refractivity (Wildman–Crippen MR) is 133 cm³/mol. The summed E-state index contributed by atoms with van der Waals surface area (Å²) in [5, 5.41) is 0. The van der Waals surface area contributed by atoms with Gasteiger partial charge in [-0.2, -0.15) is 4.39 Å². The number of halogens is 1. The van der Waals surface area contributed by atoms with Crippen LogP contribution in [-0.4, -0.2) is 15.8 Å². The second kappa shape index (κ2) is 15.0. The highest BCUT2D eigenvalue weighted by Gasteiger charge is 2.24. The number of hydrogen-bond acceptors (Lipinski definition) is 3. The zero-order valence-electron chi connectivity index (χ0n) is 20.5. The van der Waals surface area contributed by atoms with Gasteiger partial charge in [0.25, 0.3) is 0 Å². The third-order valence-electron chi connectivity index (χ3n) is 5.94. The molecule has 1 atom stereocenters. The molecule has 1 unspecified atom stereocenters. The van der Waals surface area contributed by atoms with Gasteiger partial charge in [-0.15, -0.1) is 0 Å². The first kappa shape index (κ1) is 26.3. The van der Waals surface area contributed by atoms with Crippen molar-refractivity contribution in [1.29, 1.82) is 0 Å². The van der Waals surface area contributed by atoms with Gasteiger partial charge in [0.1, 0.15) is 5.75 Å². The van der Waals surface area contributed by atoms with Gasteiger partial charge in [0.05, 0.1) is 0 Å². The Labute approximate surface area is 195 Å². The monoisotopic (exact) mass is 442 g/mol. The van der Waals surface area contributed by atoms with Crippen LogP contribution < -0.4 is 4.74 Å². The van der Waals surface area contributed by atoms with Crippen molar-refractivity contribution in [1.82, 2.24) is 9.97 Å². The Kier molecular flexibility index (Phi) is 12.3. The Hall–Kier alpha value is -1.97. The van der Waals surface area contributed by atoms with Crippen LogP contribution in [0.2, 0.25) is 0 Å². The van der Waals surface area contributed by atoms with E-state index in [9.17, 15) is 4.39 Å². The van der Waals surface area contributed by atoms with E-state index in [-0.39, 0.29) is 0 Å². The molecule has 0 aliphatic heterocycles. The van der Waals surface area contributed by atoms with Gasteiger partial charge in [-0.05, 0) is 49.1 Å². The average Bonchev–Trinajstić information content (AvgIpc) is 2.79. The molecule has 32 heavy (non-hydrogen) atoms. The number of nitrogens with zero attached hydrogens (tertiary/aromatic N) is 2. The van der Waals surface area contributed by atoms with E-state index in [1.807, 2.05) is 24.5 Å². The standard InChI is InChI=1S/C28H43FN2O/c1-4-6-8-10-11-12-13-14-16-24-22-30-27(31-23-24)25-17-19-26(20-18-25)32-28(3,29)21-15-9-7-5-2/h17-20,22-23H,4-16,21H2,1-3H3. The fourth-order valence-electron chi connectivity index (χ4n) is 3.93. The highest BCUT2D eigenvalue weighted by molar-refractivity contribution is 5.55. The first-order valence-corrected chi connectivity index (χ1v) is 12.8. The summed E-state index contributed by atoms with van der Waals surface area (Å²) in [6, 6.07) is 7.40. The van der Waals surface area contributed by atoms with Crippen molar-refractivity contribution < 1.29 is 9.13 Å². The molecule has 1 heterocycles. The maximum absolute atomic E-state index is 14.6. The number of hydrogen-bond donors (Lipinski definition) is 0. The van der Waals surface area contributed by atoms with E-state index < -0.39 is 5.85 Å². The van der Waals surface area contributed by atoms with Crippen LogP contribution in [-0.2, 0) is 6.42 Å². The van der Waals surface area contributed by atoms with E-state index in [4.69, 9.17) is 4.74 Å². The van der Waals surface area contributed by atoms with Crippen LogP contribution in [0.1, 0.15) is 110 Å². The lowest BCUT2D eigenvalue weighted by molar-refractivity contribution is -0.0530. The molecule has 0 spiro atoms. The number of aromatic nitrogens is 2. The number of unbranched alkanes of at least 4 members (excludes halogenated alkanes) is 10. The van der Waals surface area contributed by atoms with Gasteiger partial charge in [-0.1, -0.05) is 78.1 Å². The summed E-state index contributed by atoms with van der Waals surface area (Å²) in [6.45, 7) is 5.93. The molecule has 0 bridgehead atoms. The SMILES string of the molecule is CCCCCCCCCCc1cnc(-c2ccc(OC(C)(F)CCCCCC)cc2)nc1. The van der Waals surface area contributed by atoms with Crippen molar-refractivity contribution in [3.05, 3.63) is 42.2 Å². The minimum Gasteiger partial charge on any atom is -0.458 e. The Morgan fingerprint density at radius 2 is 1.28 bits per heavy atom. The molecule has 0 N–H and O–H groups in total. The third kappa shape index (κ3) is 10.6. The van der Waals surface area contributed by atoms with E-state index in [1.54, 1.807) is 12.1 Å². The van der Waals surface area contributed by atoms with Crippen LogP contribution in [0.15, 0.2) is 36.7 Å². The first-order chi connectivity index (χ1) is 15.5. The second-order valence-corrected chi connectivity index (χ2v) is 9.18. The van der Waals surface area contributed by atoms with Gasteiger partial charge in [0.15, 0.2) is 5.82 Å². The minimum atomic E-state index is -1.64. The maximum Gasteiger partial charge on any atom is 0.245 e. The molecule has 0 amide bonds. The maximum atomic E-state index is 14.6. The molecule has 0 saturated carbocycles. The fraction of sp³-hybridized carbons (Fsp3) is 0.643. The number of aryl methyl sites for hydroxylation is 1. The van der Waals surface area contributed by atoms with Crippen LogP contribution in [0.3, 0.4) is 0 Å². The van der Waals surface area contributed by atoms with E-state index in [2.05, 4.69) is 23.8 Å². The lowest BCUT2D eigenvalue weighted by Crippen LogP contribution is -2.26. The molecular weight excluding hydrogens is 399 g/mol. The van der Waals surface area contributed by atoms with Crippen LogP contribution in [0.5, 0.6) is 5.75 Å². The van der Waals surface area contributed by atoms with Gasteiger partial charge < -0.3 is 4.74 Å². The van der Waals surface area contributed by atoms with Gasteiger partial charge in [-0.3, -0.25) is 0 Å². The quantitative estimate of drug-likeness (QED) is 0.229. The van der Waals surface area contributed by atoms with E-state index >= 15 is 0 Å². The van der Waals surface area contributed by atoms with Gasteiger partial charge in [0.2, 0.25) is 5.85 Å². The molecule has 0 aliphatic rings. The first-order valence-electron chi connectivity index (χ1n) is 12.8. The molecule has 2 rings (SSSR count). The largest absolute Gasteiger partial charge is 0.458 e. The Morgan fingerprint density at radius 3 is 1.88 bits per heavy atom. The van der Waals surface area contributed by atoms with Crippen LogP contribution in [0, 0.1) is 0 Å². The molecule has 0 saturated heterocycles. The number of rotatable bonds is 17. The minimum absolute atomic E-state index is 0.415. The normalized spacial score (nSPS) is 13.1. The van der Waals surface area contributed by atoms with Gasteiger partial charge in [0, 0.05) is 31.3 Å². The molecule has 3 nitrogen and oxygen atoms in total. The molecule has 0 aliphatic carbocycles. The molecule has 0 fully saturated rings.